The van der Waals surface area contributed by atoms with Gasteiger partial charge in [-0.2, -0.15) is 0 Å². The summed E-state index contributed by atoms with van der Waals surface area (Å²) < 4.78 is 5.84. The lowest BCUT2D eigenvalue weighted by Crippen LogP contribution is -2.19. The fourth-order valence-corrected chi connectivity index (χ4v) is 4.55. The summed E-state index contributed by atoms with van der Waals surface area (Å²) in [5.74, 6) is 0.975. The van der Waals surface area contributed by atoms with E-state index >= 15 is 0 Å². The van der Waals surface area contributed by atoms with E-state index < -0.39 is 5.63 Å². The van der Waals surface area contributed by atoms with Crippen LogP contribution in [0.1, 0.15) is 73.0 Å². The fraction of sp³-hybridized carbons (Fsp3) is 0.346. The lowest BCUT2D eigenvalue weighted by atomic mass is 9.82. The van der Waals surface area contributed by atoms with Gasteiger partial charge in [-0.1, -0.05) is 74.5 Å². The highest BCUT2D eigenvalue weighted by Crippen LogP contribution is 2.49. The molecule has 3 nitrogen and oxygen atoms in total. The molecule has 1 aromatic heterocycles. The molecule has 2 unspecified atom stereocenters. The third-order valence-electron chi connectivity index (χ3n) is 6.09. The van der Waals surface area contributed by atoms with Crippen molar-refractivity contribution in [3.8, 4) is 5.75 Å². The minimum Gasteiger partial charge on any atom is -0.507 e. The van der Waals surface area contributed by atoms with E-state index in [2.05, 4.69) is 19.1 Å². The average molecular weight is 389 g/mol. The number of hydrogen-bond donors (Lipinski definition) is 1. The monoisotopic (exact) mass is 388 g/mol. The smallest absolute Gasteiger partial charge is 0.343 e. The van der Waals surface area contributed by atoms with Crippen LogP contribution in [0.2, 0.25) is 0 Å². The molecule has 0 radical (unpaired) electrons. The van der Waals surface area contributed by atoms with E-state index in [0.717, 1.165) is 36.0 Å². The summed E-state index contributed by atoms with van der Waals surface area (Å²) in [5, 5.41) is 11.5. The second-order valence-corrected chi connectivity index (χ2v) is 7.94. The maximum Gasteiger partial charge on any atom is 0.343 e. The van der Waals surface area contributed by atoms with Gasteiger partial charge in [-0.05, 0) is 36.3 Å². The second-order valence-electron chi connectivity index (χ2n) is 7.94. The van der Waals surface area contributed by atoms with E-state index in [1.54, 1.807) is 0 Å². The first-order chi connectivity index (χ1) is 14.2. The molecule has 2 atom stereocenters. The lowest BCUT2D eigenvalue weighted by Gasteiger charge is -2.24. The van der Waals surface area contributed by atoms with Crippen LogP contribution in [-0.4, -0.2) is 5.11 Å². The first-order valence-electron chi connectivity index (χ1n) is 10.6. The molecule has 150 valence electrons. The second kappa shape index (κ2) is 8.28. The third-order valence-corrected chi connectivity index (χ3v) is 6.09. The zero-order valence-electron chi connectivity index (χ0n) is 17.1. The van der Waals surface area contributed by atoms with Gasteiger partial charge in [-0.15, -0.1) is 0 Å². The number of rotatable bonds is 7. The Morgan fingerprint density at radius 1 is 0.931 bits per heavy atom. The van der Waals surface area contributed by atoms with Crippen molar-refractivity contribution in [1.82, 2.24) is 0 Å². The first-order valence-corrected chi connectivity index (χ1v) is 10.6. The van der Waals surface area contributed by atoms with E-state index in [1.165, 1.54) is 0 Å². The number of aromatic hydroxyl groups is 1. The van der Waals surface area contributed by atoms with Crippen molar-refractivity contribution in [2.24, 2.45) is 5.92 Å². The molecule has 0 saturated heterocycles. The number of aryl methyl sites for hydroxylation is 1. The maximum absolute atomic E-state index is 13.0. The average Bonchev–Trinajstić information content (AvgIpc) is 3.59. The predicted molar refractivity (Wildman–Crippen MR) is 116 cm³/mol. The molecule has 3 heteroatoms. The van der Waals surface area contributed by atoms with E-state index in [1.807, 2.05) is 55.5 Å². The molecular formula is C26H28O3. The number of hydrogen-bond acceptors (Lipinski definition) is 3. The summed E-state index contributed by atoms with van der Waals surface area (Å²) in [5.41, 5.74) is 3.01. The summed E-state index contributed by atoms with van der Waals surface area (Å²) in [6.45, 7) is 4.07. The van der Waals surface area contributed by atoms with Gasteiger partial charge in [0.25, 0.3) is 0 Å². The van der Waals surface area contributed by atoms with Crippen LogP contribution < -0.4 is 5.63 Å². The Balaban J connectivity index is 1.92. The SMILES string of the molecule is CCc1oc(=O)c(C(c2ccccc2)C2CC2)c(O)c1C(CC)c1ccccc1. The molecule has 1 aliphatic rings. The van der Waals surface area contributed by atoms with E-state index in [9.17, 15) is 9.90 Å². The van der Waals surface area contributed by atoms with Crippen LogP contribution in [0.25, 0.3) is 0 Å². The van der Waals surface area contributed by atoms with Crippen LogP contribution >= 0.6 is 0 Å². The molecule has 4 rings (SSSR count). The molecule has 1 fully saturated rings. The standard InChI is InChI=1S/C26H28O3/c1-3-20(17-11-7-5-8-12-17)23-21(4-2)29-26(28)24(25(23)27)22(19-15-16-19)18-13-9-6-10-14-18/h5-14,19-20,22,27H,3-4,15-16H2,1-2H3. The van der Waals surface area contributed by atoms with Gasteiger partial charge in [0.2, 0.25) is 0 Å². The minimum atomic E-state index is -0.397. The molecule has 0 amide bonds. The van der Waals surface area contributed by atoms with Crippen LogP contribution in [0.15, 0.2) is 69.9 Å². The Labute approximate surface area is 172 Å². The van der Waals surface area contributed by atoms with E-state index in [0.29, 0.717) is 23.7 Å². The van der Waals surface area contributed by atoms with Crippen LogP contribution in [0.3, 0.4) is 0 Å². The molecule has 1 heterocycles. The Hall–Kier alpha value is -2.81. The summed E-state index contributed by atoms with van der Waals surface area (Å²) in [4.78, 5) is 13.0. The molecule has 0 spiro atoms. The zero-order valence-corrected chi connectivity index (χ0v) is 17.1. The summed E-state index contributed by atoms with van der Waals surface area (Å²) >= 11 is 0. The molecule has 1 saturated carbocycles. The summed E-state index contributed by atoms with van der Waals surface area (Å²) in [6.07, 6.45) is 3.52. The Bertz CT molecular complexity index is 1020. The van der Waals surface area contributed by atoms with Crippen LogP contribution in [0.4, 0.5) is 0 Å². The molecule has 3 aromatic rings. The Kier molecular flexibility index (Phi) is 5.57. The normalized spacial score (nSPS) is 15.8. The van der Waals surface area contributed by atoms with Gasteiger partial charge in [0.1, 0.15) is 11.5 Å². The summed E-state index contributed by atoms with van der Waals surface area (Å²) in [7, 11) is 0. The van der Waals surface area contributed by atoms with Gasteiger partial charge < -0.3 is 9.52 Å². The van der Waals surface area contributed by atoms with Gasteiger partial charge in [0.15, 0.2) is 0 Å². The highest BCUT2D eigenvalue weighted by molar-refractivity contribution is 5.50. The van der Waals surface area contributed by atoms with Crippen LogP contribution in [0, 0.1) is 5.92 Å². The molecule has 1 N–H and O–H groups in total. The van der Waals surface area contributed by atoms with Gasteiger partial charge >= 0.3 is 5.63 Å². The number of benzene rings is 2. The molecule has 0 bridgehead atoms. The largest absolute Gasteiger partial charge is 0.507 e. The molecule has 2 aromatic carbocycles. The molecule has 1 aliphatic carbocycles. The maximum atomic E-state index is 13.0. The van der Waals surface area contributed by atoms with Gasteiger partial charge in [0, 0.05) is 23.8 Å². The van der Waals surface area contributed by atoms with Crippen molar-refractivity contribution in [2.75, 3.05) is 0 Å². The van der Waals surface area contributed by atoms with Crippen molar-refractivity contribution >= 4 is 0 Å². The quantitative estimate of drug-likeness (QED) is 0.541. The topological polar surface area (TPSA) is 50.4 Å². The first kappa shape index (κ1) is 19.5. The van der Waals surface area contributed by atoms with Crippen LogP contribution in [0.5, 0.6) is 5.75 Å². The highest BCUT2D eigenvalue weighted by Gasteiger charge is 2.39. The Morgan fingerprint density at radius 3 is 2.03 bits per heavy atom. The van der Waals surface area contributed by atoms with Crippen molar-refractivity contribution < 1.29 is 9.52 Å². The zero-order chi connectivity index (χ0) is 20.4. The minimum absolute atomic E-state index is 0.00937. The van der Waals surface area contributed by atoms with Crippen molar-refractivity contribution in [3.05, 3.63) is 99.1 Å². The van der Waals surface area contributed by atoms with E-state index in [-0.39, 0.29) is 17.6 Å². The molecule has 29 heavy (non-hydrogen) atoms. The highest BCUT2D eigenvalue weighted by atomic mass is 16.4. The van der Waals surface area contributed by atoms with Crippen molar-refractivity contribution in [1.29, 1.82) is 0 Å². The van der Waals surface area contributed by atoms with E-state index in [4.69, 9.17) is 4.42 Å². The van der Waals surface area contributed by atoms with Crippen LogP contribution in [-0.2, 0) is 6.42 Å². The molecular weight excluding hydrogens is 360 g/mol. The van der Waals surface area contributed by atoms with Crippen molar-refractivity contribution in [3.63, 3.8) is 0 Å². The van der Waals surface area contributed by atoms with Crippen molar-refractivity contribution in [2.45, 2.75) is 51.4 Å². The van der Waals surface area contributed by atoms with Gasteiger partial charge in [-0.3, -0.25) is 0 Å². The van der Waals surface area contributed by atoms with Gasteiger partial charge in [-0.25, -0.2) is 4.79 Å². The fourth-order valence-electron chi connectivity index (χ4n) is 4.55. The van der Waals surface area contributed by atoms with Gasteiger partial charge in [0.05, 0.1) is 5.56 Å². The Morgan fingerprint density at radius 2 is 1.52 bits per heavy atom. The molecule has 0 aliphatic heterocycles. The lowest BCUT2D eigenvalue weighted by molar-refractivity contribution is 0.390. The summed E-state index contributed by atoms with van der Waals surface area (Å²) in [6, 6.07) is 20.2. The third kappa shape index (κ3) is 3.74. The predicted octanol–water partition coefficient (Wildman–Crippen LogP) is 5.99.